The molecular formula is C12H12N2S. The Morgan fingerprint density at radius 2 is 2.07 bits per heavy atom. The molecule has 0 radical (unpaired) electrons. The van der Waals surface area contributed by atoms with E-state index in [2.05, 4.69) is 53.0 Å². The summed E-state index contributed by atoms with van der Waals surface area (Å²) in [7, 11) is 2.12. The number of fused-ring (bicyclic) bond motifs is 2. The number of anilines is 3. The highest BCUT2D eigenvalue weighted by Crippen LogP contribution is 2.38. The van der Waals surface area contributed by atoms with Crippen LogP contribution >= 0.6 is 11.3 Å². The van der Waals surface area contributed by atoms with E-state index < -0.39 is 0 Å². The van der Waals surface area contributed by atoms with Crippen molar-refractivity contribution in [2.45, 2.75) is 6.54 Å². The topological polar surface area (TPSA) is 15.3 Å². The molecule has 0 fully saturated rings. The number of hydrogen-bond acceptors (Lipinski definition) is 3. The van der Waals surface area contributed by atoms with Gasteiger partial charge in [-0.2, -0.15) is 0 Å². The van der Waals surface area contributed by atoms with E-state index in [1.54, 1.807) is 0 Å². The molecule has 1 aliphatic rings. The van der Waals surface area contributed by atoms with Crippen LogP contribution in [0, 0.1) is 0 Å². The van der Waals surface area contributed by atoms with Crippen LogP contribution in [0.1, 0.15) is 4.88 Å². The van der Waals surface area contributed by atoms with Gasteiger partial charge in [0.15, 0.2) is 0 Å². The number of rotatable bonds is 0. The molecule has 0 saturated carbocycles. The number of benzene rings is 1. The number of nitrogens with zero attached hydrogens (tertiary/aromatic N) is 1. The Bertz CT molecular complexity index is 490. The zero-order chi connectivity index (χ0) is 10.3. The van der Waals surface area contributed by atoms with Crippen molar-refractivity contribution in [3.8, 4) is 0 Å². The van der Waals surface area contributed by atoms with Crippen molar-refractivity contribution < 1.29 is 0 Å². The smallest absolute Gasteiger partial charge is 0.0644 e. The minimum absolute atomic E-state index is 0.925. The number of thiophene rings is 1. The van der Waals surface area contributed by atoms with Gasteiger partial charge in [-0.15, -0.1) is 11.3 Å². The maximum Gasteiger partial charge on any atom is 0.0644 e. The molecule has 3 heteroatoms. The first-order chi connectivity index (χ1) is 7.36. The zero-order valence-electron chi connectivity index (χ0n) is 8.53. The lowest BCUT2D eigenvalue weighted by Crippen LogP contribution is -2.08. The van der Waals surface area contributed by atoms with Crippen LogP contribution in [-0.4, -0.2) is 7.05 Å². The Kier molecular flexibility index (Phi) is 1.92. The molecule has 76 valence electrons. The second kappa shape index (κ2) is 3.28. The van der Waals surface area contributed by atoms with Crippen molar-refractivity contribution in [3.63, 3.8) is 0 Å². The monoisotopic (exact) mass is 216 g/mol. The van der Waals surface area contributed by atoms with Gasteiger partial charge in [0.05, 0.1) is 23.6 Å². The fourth-order valence-electron chi connectivity index (χ4n) is 1.99. The highest BCUT2D eigenvalue weighted by molar-refractivity contribution is 7.10. The molecule has 2 aromatic rings. The lowest BCUT2D eigenvalue weighted by Gasteiger charge is -2.19. The van der Waals surface area contributed by atoms with Crippen molar-refractivity contribution in [2.24, 2.45) is 0 Å². The number of para-hydroxylation sites is 2. The van der Waals surface area contributed by atoms with Crippen LogP contribution in [0.4, 0.5) is 17.1 Å². The molecule has 1 N–H and O–H groups in total. The summed E-state index contributed by atoms with van der Waals surface area (Å²) in [6, 6.07) is 10.6. The van der Waals surface area contributed by atoms with Crippen molar-refractivity contribution in [1.82, 2.24) is 0 Å². The van der Waals surface area contributed by atoms with E-state index in [0.29, 0.717) is 0 Å². The molecule has 1 aromatic carbocycles. The van der Waals surface area contributed by atoms with Gasteiger partial charge in [0.1, 0.15) is 0 Å². The standard InChI is InChI=1S/C12H12N2S/c1-14-10-5-3-2-4-9(10)13-8-12-11(14)6-7-15-12/h2-7,13H,8H2,1H3. The van der Waals surface area contributed by atoms with Crippen LogP contribution in [0.2, 0.25) is 0 Å². The second-order valence-corrected chi connectivity index (χ2v) is 4.66. The van der Waals surface area contributed by atoms with E-state index in [0.717, 1.165) is 6.54 Å². The van der Waals surface area contributed by atoms with Crippen LogP contribution in [0.15, 0.2) is 35.7 Å². The third-order valence-electron chi connectivity index (χ3n) is 2.79. The van der Waals surface area contributed by atoms with Gasteiger partial charge in [-0.05, 0) is 23.6 Å². The normalized spacial score (nSPS) is 13.8. The molecule has 0 unspecified atom stereocenters. The second-order valence-electron chi connectivity index (χ2n) is 3.66. The summed E-state index contributed by atoms with van der Waals surface area (Å²) < 4.78 is 0. The highest BCUT2D eigenvalue weighted by Gasteiger charge is 2.17. The zero-order valence-corrected chi connectivity index (χ0v) is 9.34. The van der Waals surface area contributed by atoms with Crippen LogP contribution in [0.3, 0.4) is 0 Å². The van der Waals surface area contributed by atoms with E-state index >= 15 is 0 Å². The van der Waals surface area contributed by atoms with E-state index in [4.69, 9.17) is 0 Å². The van der Waals surface area contributed by atoms with E-state index in [1.807, 2.05) is 11.3 Å². The van der Waals surface area contributed by atoms with Crippen LogP contribution in [-0.2, 0) is 6.54 Å². The summed E-state index contributed by atoms with van der Waals surface area (Å²) in [5.74, 6) is 0. The van der Waals surface area contributed by atoms with Gasteiger partial charge in [0.25, 0.3) is 0 Å². The summed E-state index contributed by atoms with van der Waals surface area (Å²) in [5, 5.41) is 5.62. The number of nitrogens with one attached hydrogen (secondary N) is 1. The summed E-state index contributed by atoms with van der Waals surface area (Å²) in [5.41, 5.74) is 3.77. The molecule has 0 spiro atoms. The van der Waals surface area contributed by atoms with Crippen molar-refractivity contribution in [1.29, 1.82) is 0 Å². The minimum Gasteiger partial charge on any atom is -0.378 e. The van der Waals surface area contributed by atoms with E-state index in [9.17, 15) is 0 Å². The quantitative estimate of drug-likeness (QED) is 0.725. The average Bonchev–Trinajstić information content (AvgIpc) is 2.69. The van der Waals surface area contributed by atoms with Crippen molar-refractivity contribution >= 4 is 28.4 Å². The molecule has 0 atom stereocenters. The van der Waals surface area contributed by atoms with Gasteiger partial charge in [-0.3, -0.25) is 0 Å². The fourth-order valence-corrected chi connectivity index (χ4v) is 2.83. The van der Waals surface area contributed by atoms with E-state index in [-0.39, 0.29) is 0 Å². The van der Waals surface area contributed by atoms with Crippen LogP contribution < -0.4 is 10.2 Å². The summed E-state index contributed by atoms with van der Waals surface area (Å²) in [4.78, 5) is 3.65. The molecular weight excluding hydrogens is 204 g/mol. The van der Waals surface area contributed by atoms with Crippen LogP contribution in [0.5, 0.6) is 0 Å². The van der Waals surface area contributed by atoms with Gasteiger partial charge in [0, 0.05) is 11.9 Å². The Balaban J connectivity index is 2.18. The predicted molar refractivity (Wildman–Crippen MR) is 66.2 cm³/mol. The van der Waals surface area contributed by atoms with Gasteiger partial charge in [0.2, 0.25) is 0 Å². The van der Waals surface area contributed by atoms with E-state index in [1.165, 1.54) is 21.9 Å². The highest BCUT2D eigenvalue weighted by atomic mass is 32.1. The lowest BCUT2D eigenvalue weighted by molar-refractivity contribution is 1.19. The summed E-state index contributed by atoms with van der Waals surface area (Å²) >= 11 is 1.81. The first kappa shape index (κ1) is 8.80. The maximum atomic E-state index is 3.47. The third-order valence-corrected chi connectivity index (χ3v) is 3.70. The van der Waals surface area contributed by atoms with Crippen molar-refractivity contribution in [2.75, 3.05) is 17.3 Å². The first-order valence-electron chi connectivity index (χ1n) is 4.99. The lowest BCUT2D eigenvalue weighted by atomic mass is 10.2. The molecule has 0 amide bonds. The molecule has 0 aliphatic carbocycles. The van der Waals surface area contributed by atoms with Crippen molar-refractivity contribution in [3.05, 3.63) is 40.6 Å². The summed E-state index contributed by atoms with van der Waals surface area (Å²) in [6.07, 6.45) is 0. The molecule has 2 nitrogen and oxygen atoms in total. The Labute approximate surface area is 93.2 Å². The average molecular weight is 216 g/mol. The Hall–Kier alpha value is -1.48. The largest absolute Gasteiger partial charge is 0.378 e. The molecule has 3 rings (SSSR count). The molecule has 1 aromatic heterocycles. The Morgan fingerprint density at radius 3 is 3.00 bits per heavy atom. The van der Waals surface area contributed by atoms with Gasteiger partial charge in [-0.25, -0.2) is 0 Å². The minimum atomic E-state index is 0.925. The molecule has 15 heavy (non-hydrogen) atoms. The fraction of sp³-hybridized carbons (Fsp3) is 0.167. The Morgan fingerprint density at radius 1 is 1.20 bits per heavy atom. The molecule has 0 saturated heterocycles. The van der Waals surface area contributed by atoms with Gasteiger partial charge < -0.3 is 10.2 Å². The molecule has 1 aliphatic heterocycles. The summed E-state index contributed by atoms with van der Waals surface area (Å²) in [6.45, 7) is 0.925. The van der Waals surface area contributed by atoms with Gasteiger partial charge >= 0.3 is 0 Å². The first-order valence-corrected chi connectivity index (χ1v) is 5.87. The maximum absolute atomic E-state index is 3.47. The molecule has 0 bridgehead atoms. The predicted octanol–water partition coefficient (Wildman–Crippen LogP) is 3.44. The molecule has 2 heterocycles. The third kappa shape index (κ3) is 1.31. The SMILES string of the molecule is CN1c2ccccc2NCc2sccc21. The number of hydrogen-bond donors (Lipinski definition) is 1. The van der Waals surface area contributed by atoms with Gasteiger partial charge in [-0.1, -0.05) is 12.1 Å². The van der Waals surface area contributed by atoms with Crippen LogP contribution in [0.25, 0.3) is 0 Å².